The molecule has 0 bridgehead atoms. The van der Waals surface area contributed by atoms with Gasteiger partial charge in [0.15, 0.2) is 0 Å². The number of hydrogen-bond donors (Lipinski definition) is 3. The first-order valence-corrected chi connectivity index (χ1v) is 8.01. The number of aliphatic hydroxyl groups is 1. The monoisotopic (exact) mass is 330 g/mol. The molecule has 2 rings (SSSR count). The van der Waals surface area contributed by atoms with Gasteiger partial charge in [-0.25, -0.2) is 13.6 Å². The van der Waals surface area contributed by atoms with Crippen molar-refractivity contribution in [1.29, 1.82) is 0 Å². The molecule has 0 radical (unpaired) electrons. The average molecular weight is 331 g/mol. The van der Waals surface area contributed by atoms with Crippen LogP contribution in [0.5, 0.6) is 0 Å². The Bertz CT molecular complexity index is 730. The highest BCUT2D eigenvalue weighted by atomic mass is 35.5. The number of sulfonamides is 1. The summed E-state index contributed by atoms with van der Waals surface area (Å²) in [4.78, 5) is -0.00891. The molecule has 1 aromatic carbocycles. The second-order valence-corrected chi connectivity index (χ2v) is 6.34. The summed E-state index contributed by atoms with van der Waals surface area (Å²) in [5, 5.41) is 21.4. The molecule has 0 amide bonds. The van der Waals surface area contributed by atoms with Crippen molar-refractivity contribution in [3.63, 3.8) is 0 Å². The first-order valence-electron chi connectivity index (χ1n) is 6.08. The van der Waals surface area contributed by atoms with Crippen molar-refractivity contribution in [2.45, 2.75) is 18.0 Å². The van der Waals surface area contributed by atoms with Crippen LogP contribution in [0.3, 0.4) is 0 Å². The van der Waals surface area contributed by atoms with Gasteiger partial charge < -0.3 is 10.4 Å². The van der Waals surface area contributed by atoms with Crippen molar-refractivity contribution in [3.8, 4) is 0 Å². The molecule has 0 saturated heterocycles. The van der Waals surface area contributed by atoms with Gasteiger partial charge in [0.25, 0.3) is 0 Å². The van der Waals surface area contributed by atoms with Gasteiger partial charge in [-0.3, -0.25) is 4.68 Å². The van der Waals surface area contributed by atoms with Crippen molar-refractivity contribution in [2.75, 3.05) is 11.9 Å². The molecule has 0 spiro atoms. The highest BCUT2D eigenvalue weighted by Crippen LogP contribution is 2.25. The van der Waals surface area contributed by atoms with Gasteiger partial charge in [0.1, 0.15) is 0 Å². The van der Waals surface area contributed by atoms with Crippen LogP contribution in [0.15, 0.2) is 35.5 Å². The molecule has 0 aliphatic rings. The molecule has 114 valence electrons. The summed E-state index contributed by atoms with van der Waals surface area (Å²) in [7, 11) is -3.77. The zero-order valence-electron chi connectivity index (χ0n) is 11.0. The third-order valence-electron chi connectivity index (χ3n) is 2.77. The molecule has 1 aromatic heterocycles. The highest BCUT2D eigenvalue weighted by molar-refractivity contribution is 7.89. The molecule has 1 heterocycles. The Morgan fingerprint density at radius 2 is 2.19 bits per heavy atom. The second-order valence-electron chi connectivity index (χ2n) is 4.38. The normalized spacial score (nSPS) is 11.6. The van der Waals surface area contributed by atoms with E-state index in [-0.39, 0.29) is 11.5 Å². The largest absolute Gasteiger partial charge is 0.394 e. The molecule has 21 heavy (non-hydrogen) atoms. The minimum absolute atomic E-state index is 0.00891. The number of primary sulfonamides is 1. The van der Waals surface area contributed by atoms with Crippen LogP contribution >= 0.6 is 11.6 Å². The van der Waals surface area contributed by atoms with Crippen LogP contribution in [0.1, 0.15) is 5.56 Å². The summed E-state index contributed by atoms with van der Waals surface area (Å²) in [5.41, 5.74) is 1.35. The predicted octanol–water partition coefficient (Wildman–Crippen LogP) is 0.788. The van der Waals surface area contributed by atoms with Crippen LogP contribution in [0.2, 0.25) is 5.02 Å². The Morgan fingerprint density at radius 3 is 2.86 bits per heavy atom. The Morgan fingerprint density at radius 1 is 1.43 bits per heavy atom. The van der Waals surface area contributed by atoms with Gasteiger partial charge >= 0.3 is 0 Å². The average Bonchev–Trinajstić information content (AvgIpc) is 2.84. The molecule has 0 saturated carbocycles. The lowest BCUT2D eigenvalue weighted by Crippen LogP contribution is -2.12. The van der Waals surface area contributed by atoms with Crippen molar-refractivity contribution < 1.29 is 13.5 Å². The first kappa shape index (κ1) is 15.8. The number of hydrogen-bond acceptors (Lipinski definition) is 5. The maximum Gasteiger partial charge on any atom is 0.238 e. The van der Waals surface area contributed by atoms with Gasteiger partial charge in [-0.15, -0.1) is 0 Å². The van der Waals surface area contributed by atoms with Crippen LogP contribution in [-0.4, -0.2) is 29.9 Å². The molecule has 0 unspecified atom stereocenters. The lowest BCUT2D eigenvalue weighted by atomic mass is 10.3. The Balaban J connectivity index is 2.12. The summed E-state index contributed by atoms with van der Waals surface area (Å²) < 4.78 is 24.2. The molecule has 0 aliphatic heterocycles. The van der Waals surface area contributed by atoms with Gasteiger partial charge in [-0.05, 0) is 18.2 Å². The van der Waals surface area contributed by atoms with E-state index in [4.69, 9.17) is 21.8 Å². The minimum atomic E-state index is -3.77. The van der Waals surface area contributed by atoms with Crippen LogP contribution in [0, 0.1) is 0 Å². The molecule has 0 aliphatic carbocycles. The number of rotatable bonds is 6. The molecular formula is C12H15ClN4O3S. The number of benzene rings is 1. The van der Waals surface area contributed by atoms with Crippen LogP contribution < -0.4 is 10.5 Å². The zero-order chi connectivity index (χ0) is 15.5. The van der Waals surface area contributed by atoms with E-state index < -0.39 is 10.0 Å². The first-order chi connectivity index (χ1) is 9.90. The van der Waals surface area contributed by atoms with Crippen LogP contribution in [0.25, 0.3) is 0 Å². The summed E-state index contributed by atoms with van der Waals surface area (Å²) in [6.07, 6.45) is 3.43. The number of nitrogens with zero attached hydrogens (tertiary/aromatic N) is 2. The zero-order valence-corrected chi connectivity index (χ0v) is 12.6. The standard InChI is InChI=1S/C12H15ClN4O3S/c13-11-2-1-10(21(14,19)20)5-12(11)15-6-9-7-16-17(8-9)3-4-18/h1-2,5,7-8,15,18H,3-4,6H2,(H2,14,19,20). The number of aliphatic hydroxyl groups excluding tert-OH is 1. The second kappa shape index (κ2) is 6.44. The number of halogens is 1. The van der Waals surface area contributed by atoms with E-state index in [0.717, 1.165) is 5.56 Å². The lowest BCUT2D eigenvalue weighted by Gasteiger charge is -2.08. The molecule has 4 N–H and O–H groups in total. The topological polar surface area (TPSA) is 110 Å². The Kier molecular flexibility index (Phi) is 4.84. The highest BCUT2D eigenvalue weighted by Gasteiger charge is 2.10. The van der Waals surface area contributed by atoms with E-state index in [1.54, 1.807) is 17.1 Å². The molecule has 2 aromatic rings. The number of aromatic nitrogens is 2. The Labute approximate surface area is 127 Å². The maximum absolute atomic E-state index is 11.3. The van der Waals surface area contributed by atoms with E-state index in [2.05, 4.69) is 10.4 Å². The lowest BCUT2D eigenvalue weighted by molar-refractivity contribution is 0.269. The fraction of sp³-hybridized carbons (Fsp3) is 0.250. The molecule has 9 heteroatoms. The predicted molar refractivity (Wildman–Crippen MR) is 79.5 cm³/mol. The molecule has 7 nitrogen and oxygen atoms in total. The Hall–Kier alpha value is -1.61. The van der Waals surface area contributed by atoms with Gasteiger partial charge in [0.05, 0.1) is 35.0 Å². The smallest absolute Gasteiger partial charge is 0.238 e. The fourth-order valence-electron chi connectivity index (χ4n) is 1.74. The third kappa shape index (κ3) is 4.18. The fourth-order valence-corrected chi connectivity index (χ4v) is 2.46. The van der Waals surface area contributed by atoms with E-state index in [1.165, 1.54) is 18.2 Å². The van der Waals surface area contributed by atoms with Crippen LogP contribution in [0.4, 0.5) is 5.69 Å². The summed E-state index contributed by atoms with van der Waals surface area (Å²) >= 11 is 6.02. The van der Waals surface area contributed by atoms with E-state index in [1.807, 2.05) is 0 Å². The maximum atomic E-state index is 11.3. The SMILES string of the molecule is NS(=O)(=O)c1ccc(Cl)c(NCc2cnn(CCO)c2)c1. The van der Waals surface area contributed by atoms with Gasteiger partial charge in [0, 0.05) is 18.3 Å². The summed E-state index contributed by atoms with van der Waals surface area (Å²) in [6, 6.07) is 4.21. The summed E-state index contributed by atoms with van der Waals surface area (Å²) in [6.45, 7) is 0.845. The molecule has 0 atom stereocenters. The van der Waals surface area contributed by atoms with E-state index >= 15 is 0 Å². The molecule has 0 fully saturated rings. The van der Waals surface area contributed by atoms with Crippen molar-refractivity contribution in [3.05, 3.63) is 41.2 Å². The van der Waals surface area contributed by atoms with Crippen molar-refractivity contribution in [2.24, 2.45) is 5.14 Å². The number of nitrogens with two attached hydrogens (primary N) is 1. The third-order valence-corrected chi connectivity index (χ3v) is 4.01. The van der Waals surface area contributed by atoms with E-state index in [0.29, 0.717) is 23.8 Å². The van der Waals surface area contributed by atoms with Crippen molar-refractivity contribution in [1.82, 2.24) is 9.78 Å². The molecular weight excluding hydrogens is 316 g/mol. The summed E-state index contributed by atoms with van der Waals surface area (Å²) in [5.74, 6) is 0. The van der Waals surface area contributed by atoms with Gasteiger partial charge in [-0.2, -0.15) is 5.10 Å². The van der Waals surface area contributed by atoms with E-state index in [9.17, 15) is 8.42 Å². The van der Waals surface area contributed by atoms with Crippen molar-refractivity contribution >= 4 is 27.3 Å². The minimum Gasteiger partial charge on any atom is -0.394 e. The van der Waals surface area contributed by atoms with Gasteiger partial charge in [0.2, 0.25) is 10.0 Å². The number of nitrogens with one attached hydrogen (secondary N) is 1. The number of anilines is 1. The van der Waals surface area contributed by atoms with Crippen LogP contribution in [-0.2, 0) is 23.1 Å². The quantitative estimate of drug-likeness (QED) is 0.725. The van der Waals surface area contributed by atoms with Gasteiger partial charge in [-0.1, -0.05) is 11.6 Å².